The van der Waals surface area contributed by atoms with Gasteiger partial charge in [-0.1, -0.05) is 13.8 Å². The van der Waals surface area contributed by atoms with Crippen LogP contribution in [0.4, 0.5) is 8.78 Å². The predicted molar refractivity (Wildman–Crippen MR) is 129 cm³/mol. The summed E-state index contributed by atoms with van der Waals surface area (Å²) in [6.07, 6.45) is 1.39. The number of rotatable bonds is 7. The van der Waals surface area contributed by atoms with Crippen LogP contribution in [0.5, 0.6) is 5.75 Å². The minimum atomic E-state index is -1.88. The molecular formula is C26H27F2N3O5. The number of nitrogens with zero attached hydrogens (tertiary/aromatic N) is 2. The summed E-state index contributed by atoms with van der Waals surface area (Å²) in [6, 6.07) is 6.20. The molecular weight excluding hydrogens is 472 g/mol. The van der Waals surface area contributed by atoms with Crippen molar-refractivity contribution in [1.29, 1.82) is 0 Å². The lowest BCUT2D eigenvalue weighted by Gasteiger charge is -2.42. The van der Waals surface area contributed by atoms with Gasteiger partial charge in [-0.25, -0.2) is 13.6 Å². The van der Waals surface area contributed by atoms with E-state index in [1.54, 1.807) is 19.2 Å². The zero-order chi connectivity index (χ0) is 26.0. The number of carboxylic acids is 1. The van der Waals surface area contributed by atoms with Crippen molar-refractivity contribution in [2.45, 2.75) is 43.6 Å². The summed E-state index contributed by atoms with van der Waals surface area (Å²) in [7, 11) is 2.93. The first-order chi connectivity index (χ1) is 17.0. The SMILES string of the molecule is COCC(C)(C)c1c(C2CC(O)(C(=O)O)C2)c2c(F)c3[nH]ncc3cc2n1-c1ccc(F)c(OC)c1. The number of nitrogens with one attached hydrogen (secondary N) is 1. The Morgan fingerprint density at radius 2 is 2.00 bits per heavy atom. The van der Waals surface area contributed by atoms with Gasteiger partial charge in [0.1, 0.15) is 5.52 Å². The van der Waals surface area contributed by atoms with Crippen molar-refractivity contribution in [2.24, 2.45) is 0 Å². The molecule has 0 atom stereocenters. The number of benzene rings is 2. The molecule has 0 radical (unpaired) electrons. The Labute approximate surface area is 205 Å². The van der Waals surface area contributed by atoms with Crippen molar-refractivity contribution in [2.75, 3.05) is 20.8 Å². The van der Waals surface area contributed by atoms with Crippen LogP contribution in [0.15, 0.2) is 30.5 Å². The van der Waals surface area contributed by atoms with E-state index >= 15 is 4.39 Å². The number of aromatic amines is 1. The molecule has 4 aromatic rings. The van der Waals surface area contributed by atoms with E-state index in [2.05, 4.69) is 10.2 Å². The molecule has 2 aromatic heterocycles. The van der Waals surface area contributed by atoms with Gasteiger partial charge >= 0.3 is 5.97 Å². The number of carbonyl (C=O) groups is 1. The Hall–Kier alpha value is -3.50. The second-order valence-electron chi connectivity index (χ2n) is 10.1. The summed E-state index contributed by atoms with van der Waals surface area (Å²) in [5.74, 6) is -2.77. The molecule has 0 spiro atoms. The van der Waals surface area contributed by atoms with Gasteiger partial charge in [0.15, 0.2) is 23.0 Å². The fourth-order valence-corrected chi connectivity index (χ4v) is 5.51. The Morgan fingerprint density at radius 1 is 1.28 bits per heavy atom. The quantitative estimate of drug-likeness (QED) is 0.348. The number of halogens is 2. The number of aliphatic hydroxyl groups is 1. The molecule has 3 N–H and O–H groups in total. The van der Waals surface area contributed by atoms with Gasteiger partial charge in [-0.3, -0.25) is 5.10 Å². The molecule has 0 aliphatic heterocycles. The van der Waals surface area contributed by atoms with E-state index in [9.17, 15) is 19.4 Å². The molecule has 0 bridgehead atoms. The van der Waals surface area contributed by atoms with E-state index in [1.165, 1.54) is 25.4 Å². The van der Waals surface area contributed by atoms with Gasteiger partial charge in [-0.05, 0) is 42.5 Å². The molecule has 5 rings (SSSR count). The van der Waals surface area contributed by atoms with Gasteiger partial charge in [0, 0.05) is 40.7 Å². The Kier molecular flexibility index (Phi) is 5.57. The molecule has 0 saturated heterocycles. The maximum atomic E-state index is 16.1. The van der Waals surface area contributed by atoms with Crippen molar-refractivity contribution < 1.29 is 33.3 Å². The van der Waals surface area contributed by atoms with Gasteiger partial charge < -0.3 is 24.3 Å². The highest BCUT2D eigenvalue weighted by Crippen LogP contribution is 2.52. The summed E-state index contributed by atoms with van der Waals surface area (Å²) >= 11 is 0. The lowest BCUT2D eigenvalue weighted by molar-refractivity contribution is -0.169. The van der Waals surface area contributed by atoms with Crippen LogP contribution in [-0.2, 0) is 14.9 Å². The Balaban J connectivity index is 1.91. The smallest absolute Gasteiger partial charge is 0.335 e. The zero-order valence-electron chi connectivity index (χ0n) is 20.4. The first kappa shape index (κ1) is 24.2. The molecule has 1 aliphatic rings. The summed E-state index contributed by atoms with van der Waals surface area (Å²) in [5.41, 5.74) is -0.00867. The van der Waals surface area contributed by atoms with Crippen LogP contribution in [0.25, 0.3) is 27.5 Å². The number of hydrogen-bond acceptors (Lipinski definition) is 5. The van der Waals surface area contributed by atoms with Gasteiger partial charge in [0.25, 0.3) is 0 Å². The van der Waals surface area contributed by atoms with Crippen LogP contribution >= 0.6 is 0 Å². The highest BCUT2D eigenvalue weighted by molar-refractivity contribution is 6.00. The number of aromatic nitrogens is 3. The number of fused-ring (bicyclic) bond motifs is 2. The second kappa shape index (κ2) is 8.28. The van der Waals surface area contributed by atoms with E-state index in [-0.39, 0.29) is 30.7 Å². The molecule has 1 saturated carbocycles. The minimum Gasteiger partial charge on any atom is -0.494 e. The fourth-order valence-electron chi connectivity index (χ4n) is 5.51. The molecule has 0 amide bonds. The largest absolute Gasteiger partial charge is 0.494 e. The van der Waals surface area contributed by atoms with E-state index in [1.807, 2.05) is 18.4 Å². The van der Waals surface area contributed by atoms with Crippen LogP contribution in [-0.4, -0.2) is 57.4 Å². The van der Waals surface area contributed by atoms with Gasteiger partial charge in [0.2, 0.25) is 0 Å². The van der Waals surface area contributed by atoms with E-state index in [4.69, 9.17) is 9.47 Å². The van der Waals surface area contributed by atoms with Gasteiger partial charge in [-0.15, -0.1) is 0 Å². The molecule has 10 heteroatoms. The zero-order valence-corrected chi connectivity index (χ0v) is 20.4. The summed E-state index contributed by atoms with van der Waals surface area (Å²) in [6.45, 7) is 4.16. The number of H-pyrrole nitrogens is 1. The highest BCUT2D eigenvalue weighted by Gasteiger charge is 2.52. The molecule has 8 nitrogen and oxygen atoms in total. The van der Waals surface area contributed by atoms with Crippen molar-refractivity contribution >= 4 is 27.8 Å². The van der Waals surface area contributed by atoms with Crippen molar-refractivity contribution in [3.05, 3.63) is 53.4 Å². The molecule has 1 fully saturated rings. The van der Waals surface area contributed by atoms with Gasteiger partial charge in [0.05, 0.1) is 25.4 Å². The van der Waals surface area contributed by atoms with E-state index < -0.39 is 34.5 Å². The average Bonchev–Trinajstić information content (AvgIpc) is 3.41. The maximum absolute atomic E-state index is 16.1. The molecule has 2 aromatic carbocycles. The number of carboxylic acid groups (broad SMARTS) is 1. The standard InChI is InChI=1S/C26H27F2N3O5/c1-25(2,12-35-3)23-19(14-9-26(34,10-14)24(32)33)20-17(7-13-11-29-30-22(13)21(20)28)31(23)15-5-6-16(27)18(8-15)36-4/h5-8,11,14,34H,9-10,12H2,1-4H3,(H,29,30)(H,32,33). The third-order valence-electron chi connectivity index (χ3n) is 7.16. The number of hydrogen-bond donors (Lipinski definition) is 3. The average molecular weight is 500 g/mol. The van der Waals surface area contributed by atoms with Crippen LogP contribution in [0, 0.1) is 11.6 Å². The van der Waals surface area contributed by atoms with Crippen LogP contribution in [0.3, 0.4) is 0 Å². The third-order valence-corrected chi connectivity index (χ3v) is 7.16. The second-order valence-corrected chi connectivity index (χ2v) is 10.1. The van der Waals surface area contributed by atoms with Gasteiger partial charge in [-0.2, -0.15) is 5.10 Å². The lowest BCUT2D eigenvalue weighted by Crippen LogP contribution is -2.49. The van der Waals surface area contributed by atoms with E-state index in [0.29, 0.717) is 33.2 Å². The predicted octanol–water partition coefficient (Wildman–Crippen LogP) is 4.41. The van der Waals surface area contributed by atoms with Crippen LogP contribution < -0.4 is 4.74 Å². The maximum Gasteiger partial charge on any atom is 0.335 e. The first-order valence-corrected chi connectivity index (χ1v) is 11.5. The molecule has 1 aliphatic carbocycles. The number of ether oxygens (including phenoxy) is 2. The minimum absolute atomic E-state index is 0.0279. The molecule has 190 valence electrons. The molecule has 0 unspecified atom stereocenters. The van der Waals surface area contributed by atoms with Crippen molar-refractivity contribution in [1.82, 2.24) is 14.8 Å². The summed E-state index contributed by atoms with van der Waals surface area (Å²) in [4.78, 5) is 11.7. The van der Waals surface area contributed by atoms with E-state index in [0.717, 1.165) is 0 Å². The Bertz CT molecular complexity index is 1500. The normalized spacial score (nSPS) is 20.1. The monoisotopic (exact) mass is 499 g/mol. The summed E-state index contributed by atoms with van der Waals surface area (Å²) < 4.78 is 43.1. The number of methoxy groups -OCH3 is 2. The Morgan fingerprint density at radius 3 is 2.64 bits per heavy atom. The first-order valence-electron chi connectivity index (χ1n) is 11.5. The topological polar surface area (TPSA) is 110 Å². The van der Waals surface area contributed by atoms with Crippen LogP contribution in [0.2, 0.25) is 0 Å². The lowest BCUT2D eigenvalue weighted by atomic mass is 9.66. The third kappa shape index (κ3) is 3.47. The number of aliphatic carboxylic acids is 1. The summed E-state index contributed by atoms with van der Waals surface area (Å²) in [5, 5.41) is 27.6. The highest BCUT2D eigenvalue weighted by atomic mass is 19.1. The molecule has 36 heavy (non-hydrogen) atoms. The fraction of sp³-hybridized carbons (Fsp3) is 0.385. The molecule has 2 heterocycles. The van der Waals surface area contributed by atoms with Crippen molar-refractivity contribution in [3.8, 4) is 11.4 Å². The van der Waals surface area contributed by atoms with Crippen LogP contribution in [0.1, 0.15) is 43.9 Å². The van der Waals surface area contributed by atoms with Crippen molar-refractivity contribution in [3.63, 3.8) is 0 Å².